The van der Waals surface area contributed by atoms with Crippen LogP contribution in [0.4, 0.5) is 4.79 Å². The lowest BCUT2D eigenvalue weighted by atomic mass is 9.46. The fraction of sp³-hybridized carbons (Fsp3) is 0.943. The number of carbonyl (C=O) groups is 2. The van der Waals surface area contributed by atoms with Gasteiger partial charge in [-0.15, -0.1) is 0 Å². The van der Waals surface area contributed by atoms with Crippen LogP contribution in [0.25, 0.3) is 0 Å². The Labute approximate surface area is 259 Å². The zero-order valence-corrected chi connectivity index (χ0v) is 28.0. The van der Waals surface area contributed by atoms with Crippen LogP contribution >= 0.6 is 0 Å². The molecule has 0 bridgehead atoms. The number of likely N-dealkylation sites (N-methyl/N-ethyl adjacent to an activating group) is 1. The van der Waals surface area contributed by atoms with E-state index in [9.17, 15) is 14.7 Å². The third-order valence-corrected chi connectivity index (χ3v) is 14.0. The van der Waals surface area contributed by atoms with Crippen molar-refractivity contribution in [2.75, 3.05) is 27.2 Å². The smallest absolute Gasteiger partial charge is 0.407 e. The second-order valence-corrected chi connectivity index (χ2v) is 17.1. The molecule has 1 heterocycles. The number of hydrogen-bond donors (Lipinski definition) is 2. The Hall–Kier alpha value is -1.38. The molecule has 0 aromatic heterocycles. The Morgan fingerprint density at radius 1 is 1.00 bits per heavy atom. The van der Waals surface area contributed by atoms with Gasteiger partial charge in [-0.25, -0.2) is 4.79 Å². The molecule has 8 unspecified atom stereocenters. The Morgan fingerprint density at radius 3 is 2.40 bits per heavy atom. The van der Waals surface area contributed by atoms with Crippen molar-refractivity contribution in [2.24, 2.45) is 45.3 Å². The van der Waals surface area contributed by atoms with E-state index in [2.05, 4.69) is 31.0 Å². The molecule has 2 N–H and O–H groups in total. The van der Waals surface area contributed by atoms with Crippen LogP contribution < -0.4 is 5.32 Å². The summed E-state index contributed by atoms with van der Waals surface area (Å²) in [7, 11) is 4.02. The van der Waals surface area contributed by atoms with E-state index < -0.39 is 11.7 Å². The monoisotopic (exact) mass is 602 g/mol. The Balaban J connectivity index is 1.15. The number of fused-ring (bicyclic) bond motifs is 4. The highest BCUT2D eigenvalue weighted by Gasteiger charge is 2.81. The zero-order chi connectivity index (χ0) is 31.2. The number of esters is 1. The third-order valence-electron chi connectivity index (χ3n) is 14.0. The minimum Gasteiger partial charge on any atom is -0.457 e. The fourth-order valence-electron chi connectivity index (χ4n) is 12.1. The number of aliphatic hydroxyl groups is 1. The maximum absolute atomic E-state index is 12.7. The van der Waals surface area contributed by atoms with E-state index >= 15 is 0 Å². The van der Waals surface area contributed by atoms with Crippen molar-refractivity contribution in [1.29, 1.82) is 0 Å². The van der Waals surface area contributed by atoms with Crippen LogP contribution in [0.3, 0.4) is 0 Å². The Bertz CT molecular complexity index is 1100. The van der Waals surface area contributed by atoms with Gasteiger partial charge in [-0.3, -0.25) is 4.79 Å². The molecule has 43 heavy (non-hydrogen) atoms. The van der Waals surface area contributed by atoms with Gasteiger partial charge in [-0.05, 0) is 132 Å². The van der Waals surface area contributed by atoms with Crippen molar-refractivity contribution in [3.8, 4) is 0 Å². The van der Waals surface area contributed by atoms with Gasteiger partial charge in [0.25, 0.3) is 0 Å². The van der Waals surface area contributed by atoms with E-state index in [1.165, 1.54) is 45.4 Å². The van der Waals surface area contributed by atoms with E-state index in [-0.39, 0.29) is 41.2 Å². The molecule has 1 saturated heterocycles. The van der Waals surface area contributed by atoms with E-state index in [0.29, 0.717) is 35.1 Å². The van der Waals surface area contributed by atoms with Crippen LogP contribution in [0.1, 0.15) is 106 Å². The lowest BCUT2D eigenvalue weighted by Gasteiger charge is -2.59. The van der Waals surface area contributed by atoms with E-state index in [1.54, 1.807) is 13.8 Å². The molecular formula is C35H58N2O6. The molecule has 244 valence electrons. The Morgan fingerprint density at radius 2 is 1.72 bits per heavy atom. The molecule has 1 aliphatic heterocycles. The maximum atomic E-state index is 12.7. The first-order valence-corrected chi connectivity index (χ1v) is 17.2. The molecule has 8 nitrogen and oxygen atoms in total. The first-order chi connectivity index (χ1) is 20.0. The van der Waals surface area contributed by atoms with E-state index in [4.69, 9.17) is 14.2 Å². The largest absolute Gasteiger partial charge is 0.457 e. The first-order valence-electron chi connectivity index (χ1n) is 17.2. The molecule has 0 aromatic rings. The van der Waals surface area contributed by atoms with Crippen molar-refractivity contribution < 1.29 is 28.9 Å². The first kappa shape index (κ1) is 31.6. The topological polar surface area (TPSA) is 97.3 Å². The number of nitrogens with one attached hydrogen (secondary N) is 1. The molecule has 11 atom stereocenters. The molecule has 5 saturated carbocycles. The highest BCUT2D eigenvalue weighted by atomic mass is 16.6. The number of carbonyl (C=O) groups excluding carboxylic acids is 2. The SMILES string of the molecule is CC(=O)O[C@@H](C1CCC2C(CC3C4CCC5C(C)(C)[C@@H](OC(=O)NCCN(C)C)CCC56C[C@@]46CCC23C)O1)C(C)(C)O. The second kappa shape index (κ2) is 10.6. The van der Waals surface area contributed by atoms with E-state index in [0.717, 1.165) is 38.1 Å². The van der Waals surface area contributed by atoms with Crippen LogP contribution in [0.2, 0.25) is 0 Å². The van der Waals surface area contributed by atoms with Crippen molar-refractivity contribution >= 4 is 12.1 Å². The van der Waals surface area contributed by atoms with Crippen molar-refractivity contribution in [2.45, 2.75) is 136 Å². The van der Waals surface area contributed by atoms with Crippen LogP contribution in [0.15, 0.2) is 0 Å². The summed E-state index contributed by atoms with van der Waals surface area (Å²) >= 11 is 0. The fourth-order valence-corrected chi connectivity index (χ4v) is 12.1. The van der Waals surface area contributed by atoms with Gasteiger partial charge in [-0.2, -0.15) is 0 Å². The standard InChI is InChI=1S/C35H58N2O6/c1-21(38)41-29(32(4,5)40)25-11-9-23-26(42-25)19-24-22-10-12-27-31(2,3)28(43-30(39)36-17-18-37(7)8)13-14-35(27)20-34(22,35)16-15-33(23,24)6/h22-29,40H,9-20H2,1-8H3,(H,36,39)/t22?,23?,24?,25?,26?,27?,28-,29-,33?,34-,35?/m0/s1. The molecule has 6 fully saturated rings. The summed E-state index contributed by atoms with van der Waals surface area (Å²) in [5.41, 5.74) is -0.0793. The highest BCUT2D eigenvalue weighted by Crippen LogP contribution is 2.87. The van der Waals surface area contributed by atoms with Crippen LogP contribution in [0, 0.1) is 45.3 Å². The highest BCUT2D eigenvalue weighted by molar-refractivity contribution is 5.67. The summed E-state index contributed by atoms with van der Waals surface area (Å²) in [4.78, 5) is 26.7. The van der Waals surface area contributed by atoms with Gasteiger partial charge < -0.3 is 29.5 Å². The number of nitrogens with zero attached hydrogens (tertiary/aromatic N) is 1. The van der Waals surface area contributed by atoms with Gasteiger partial charge in [0.05, 0.1) is 17.8 Å². The molecule has 5 aliphatic carbocycles. The molecule has 6 aliphatic rings. The number of alkyl carbamates (subject to hydrolysis) is 1. The van der Waals surface area contributed by atoms with Gasteiger partial charge in [-0.1, -0.05) is 20.8 Å². The van der Waals surface area contributed by atoms with Crippen molar-refractivity contribution in [1.82, 2.24) is 10.2 Å². The molecule has 0 radical (unpaired) electrons. The number of hydrogen-bond acceptors (Lipinski definition) is 7. The number of ether oxygens (including phenoxy) is 3. The summed E-state index contributed by atoms with van der Waals surface area (Å²) in [6.07, 6.45) is 10.5. The summed E-state index contributed by atoms with van der Waals surface area (Å²) in [6, 6.07) is 0. The minimum absolute atomic E-state index is 0.0326. The predicted octanol–water partition coefficient (Wildman–Crippen LogP) is 5.55. The number of rotatable bonds is 7. The second-order valence-electron chi connectivity index (χ2n) is 17.1. The zero-order valence-electron chi connectivity index (χ0n) is 28.0. The Kier molecular flexibility index (Phi) is 7.78. The number of amides is 1. The van der Waals surface area contributed by atoms with Crippen molar-refractivity contribution in [3.05, 3.63) is 0 Å². The summed E-state index contributed by atoms with van der Waals surface area (Å²) in [5.74, 6) is 2.15. The summed E-state index contributed by atoms with van der Waals surface area (Å²) in [5, 5.41) is 13.8. The predicted molar refractivity (Wildman–Crippen MR) is 164 cm³/mol. The van der Waals surface area contributed by atoms with Gasteiger partial charge in [0.2, 0.25) is 0 Å². The van der Waals surface area contributed by atoms with Crippen LogP contribution in [0.5, 0.6) is 0 Å². The van der Waals surface area contributed by atoms with Gasteiger partial charge in [0.1, 0.15) is 6.10 Å². The minimum atomic E-state index is -1.15. The van der Waals surface area contributed by atoms with Crippen molar-refractivity contribution in [3.63, 3.8) is 0 Å². The molecule has 0 aromatic carbocycles. The third kappa shape index (κ3) is 4.95. The molecular weight excluding hydrogens is 544 g/mol. The molecule has 2 spiro atoms. The lowest BCUT2D eigenvalue weighted by molar-refractivity contribution is -0.200. The van der Waals surface area contributed by atoms with Gasteiger partial charge in [0, 0.05) is 25.4 Å². The lowest BCUT2D eigenvalue weighted by Crippen LogP contribution is -2.55. The maximum Gasteiger partial charge on any atom is 0.407 e. The van der Waals surface area contributed by atoms with Gasteiger partial charge >= 0.3 is 12.1 Å². The summed E-state index contributed by atoms with van der Waals surface area (Å²) in [6.45, 7) is 13.6. The quantitative estimate of drug-likeness (QED) is 0.369. The molecule has 8 heteroatoms. The van der Waals surface area contributed by atoms with Crippen LogP contribution in [-0.4, -0.2) is 79.3 Å². The normalized spacial score (nSPS) is 45.0. The molecule has 6 rings (SSSR count). The van der Waals surface area contributed by atoms with Gasteiger partial charge in [0.15, 0.2) is 6.10 Å². The summed E-state index contributed by atoms with van der Waals surface area (Å²) < 4.78 is 18.6. The van der Waals surface area contributed by atoms with E-state index in [1.807, 2.05) is 14.1 Å². The average Bonchev–Trinajstić information content (AvgIpc) is 3.48. The molecule has 1 amide bonds. The average molecular weight is 603 g/mol. The van der Waals surface area contributed by atoms with Crippen LogP contribution in [-0.2, 0) is 19.0 Å².